The van der Waals surface area contributed by atoms with E-state index in [1.807, 2.05) is 0 Å². The molecule has 0 N–H and O–H groups in total. The highest BCUT2D eigenvalue weighted by Crippen LogP contribution is 2.50. The molecule has 0 aliphatic heterocycles. The van der Waals surface area contributed by atoms with E-state index >= 15 is 0 Å². The first-order valence-corrected chi connectivity index (χ1v) is 18.0. The van der Waals surface area contributed by atoms with E-state index in [0.717, 1.165) is 50.7 Å². The lowest BCUT2D eigenvalue weighted by Gasteiger charge is -2.22. The molecule has 4 heteroatoms. The lowest BCUT2D eigenvalue weighted by Crippen LogP contribution is -2.14. The summed E-state index contributed by atoms with van der Waals surface area (Å²) < 4.78 is 7.06. The van der Waals surface area contributed by atoms with Crippen LogP contribution in [0.3, 0.4) is 0 Å². The topological polar surface area (TPSA) is 27.2 Å². The number of fused-ring (bicyclic) bond motifs is 9. The van der Waals surface area contributed by atoms with Gasteiger partial charge in [-0.25, -0.2) is 4.98 Å². The molecule has 11 rings (SSSR count). The maximum Gasteiger partial charge on any atom is 0.220 e. The van der Waals surface area contributed by atoms with Crippen molar-refractivity contribution in [1.29, 1.82) is 0 Å². The van der Waals surface area contributed by atoms with Crippen LogP contribution in [-0.4, -0.2) is 18.5 Å². The van der Waals surface area contributed by atoms with Crippen molar-refractivity contribution in [2.75, 3.05) is 0 Å². The molecule has 0 amide bonds. The summed E-state index contributed by atoms with van der Waals surface area (Å²) in [5.41, 5.74) is 16.4. The van der Waals surface area contributed by atoms with Crippen LogP contribution >= 0.6 is 0 Å². The Hall–Kier alpha value is -6.65. The van der Waals surface area contributed by atoms with Crippen LogP contribution in [0.2, 0.25) is 0 Å². The zero-order chi connectivity index (χ0) is 34.6. The Morgan fingerprint density at radius 2 is 1.04 bits per heavy atom. The van der Waals surface area contributed by atoms with Crippen molar-refractivity contribution in [3.8, 4) is 45.0 Å². The van der Waals surface area contributed by atoms with Gasteiger partial charge in [-0.2, -0.15) is 0 Å². The third kappa shape index (κ3) is 3.95. The number of benzene rings is 7. The summed E-state index contributed by atoms with van der Waals surface area (Å²) in [7, 11) is 0. The second-order valence-corrected chi connectivity index (χ2v) is 14.5. The Labute approximate surface area is 301 Å². The molecule has 4 nitrogen and oxygen atoms in total. The molecule has 0 radical (unpaired) electrons. The third-order valence-electron chi connectivity index (χ3n) is 11.3. The van der Waals surface area contributed by atoms with Gasteiger partial charge in [-0.3, -0.25) is 8.97 Å². The van der Waals surface area contributed by atoms with Crippen LogP contribution in [0.1, 0.15) is 25.0 Å². The van der Waals surface area contributed by atoms with E-state index in [2.05, 4.69) is 197 Å². The van der Waals surface area contributed by atoms with Crippen molar-refractivity contribution in [1.82, 2.24) is 18.5 Å². The van der Waals surface area contributed by atoms with Crippen molar-refractivity contribution >= 4 is 38.6 Å². The molecular formula is C48H34N4. The lowest BCUT2D eigenvalue weighted by atomic mass is 9.82. The quantitative estimate of drug-likeness (QED) is 0.184. The average Bonchev–Trinajstić information content (AvgIpc) is 3.90. The summed E-state index contributed by atoms with van der Waals surface area (Å²) >= 11 is 0. The number of hydrogen-bond acceptors (Lipinski definition) is 1. The molecule has 3 heterocycles. The van der Waals surface area contributed by atoms with E-state index in [-0.39, 0.29) is 5.41 Å². The van der Waals surface area contributed by atoms with Gasteiger partial charge in [0.2, 0.25) is 5.78 Å². The zero-order valence-corrected chi connectivity index (χ0v) is 29.0. The maximum absolute atomic E-state index is 5.61. The van der Waals surface area contributed by atoms with Crippen molar-refractivity contribution in [2.24, 2.45) is 0 Å². The van der Waals surface area contributed by atoms with Crippen LogP contribution in [0.25, 0.3) is 83.6 Å². The average molecular weight is 667 g/mol. The summed E-state index contributed by atoms with van der Waals surface area (Å²) in [6, 6.07) is 61.5. The van der Waals surface area contributed by atoms with Crippen molar-refractivity contribution < 1.29 is 0 Å². The highest BCUT2D eigenvalue weighted by atomic mass is 15.2. The van der Waals surface area contributed by atoms with E-state index in [4.69, 9.17) is 4.98 Å². The number of imidazole rings is 2. The fourth-order valence-corrected chi connectivity index (χ4v) is 8.86. The van der Waals surface area contributed by atoms with E-state index in [1.54, 1.807) is 0 Å². The summed E-state index contributed by atoms with van der Waals surface area (Å²) in [5.74, 6) is 0.896. The van der Waals surface area contributed by atoms with Gasteiger partial charge in [0.15, 0.2) is 0 Å². The standard InChI is InChI=1S/C48H34N4/c1-48(2)39-21-11-9-19-35(39)36-27-25-31(30-40(36)48)45-46(52-44-24-14-13-23-43(44)51(47(52)49-45)34-17-7-4-8-18-34)32-26-28-42-38(29-32)37-20-10-12-22-41(37)50(42)33-15-5-3-6-16-33/h3-30H,1-2H3. The summed E-state index contributed by atoms with van der Waals surface area (Å²) in [5, 5.41) is 2.45. The van der Waals surface area contributed by atoms with E-state index in [0.29, 0.717) is 0 Å². The predicted molar refractivity (Wildman–Crippen MR) is 215 cm³/mol. The molecule has 1 aliphatic carbocycles. The number of hydrogen-bond donors (Lipinski definition) is 0. The first-order valence-electron chi connectivity index (χ1n) is 18.0. The molecule has 1 aliphatic rings. The van der Waals surface area contributed by atoms with Crippen LogP contribution in [0.15, 0.2) is 170 Å². The van der Waals surface area contributed by atoms with Gasteiger partial charge in [0, 0.05) is 38.7 Å². The van der Waals surface area contributed by atoms with E-state index in [9.17, 15) is 0 Å². The normalized spacial score (nSPS) is 13.3. The molecule has 10 aromatic rings. The molecule has 52 heavy (non-hydrogen) atoms. The maximum atomic E-state index is 5.61. The SMILES string of the molecule is CC1(C)c2ccccc2-c2ccc(-c3nc4n(-c5ccccc5)c5ccccc5n4c3-c3ccc4c(c3)c3ccccc3n4-c3ccccc3)cc21. The van der Waals surface area contributed by atoms with Crippen molar-refractivity contribution in [2.45, 2.75) is 19.3 Å². The van der Waals surface area contributed by atoms with Crippen LogP contribution in [-0.2, 0) is 5.41 Å². The molecule has 0 unspecified atom stereocenters. The number of nitrogens with zero attached hydrogens (tertiary/aromatic N) is 4. The minimum atomic E-state index is -0.120. The Kier molecular flexibility index (Phi) is 5.98. The lowest BCUT2D eigenvalue weighted by molar-refractivity contribution is 0.660. The monoisotopic (exact) mass is 666 g/mol. The Morgan fingerprint density at radius 3 is 1.83 bits per heavy atom. The first kappa shape index (κ1) is 29.1. The van der Waals surface area contributed by atoms with Gasteiger partial charge in [-0.15, -0.1) is 0 Å². The Bertz CT molecular complexity index is 3030. The Morgan fingerprint density at radius 1 is 0.442 bits per heavy atom. The molecule has 0 bridgehead atoms. The van der Waals surface area contributed by atoms with Crippen LogP contribution in [0.5, 0.6) is 0 Å². The molecule has 0 saturated carbocycles. The van der Waals surface area contributed by atoms with Gasteiger partial charge in [0.05, 0.1) is 33.5 Å². The Balaban J connectivity index is 1.24. The summed E-state index contributed by atoms with van der Waals surface area (Å²) in [4.78, 5) is 5.61. The smallest absolute Gasteiger partial charge is 0.220 e. The largest absolute Gasteiger partial charge is 0.309 e. The highest BCUT2D eigenvalue weighted by molar-refractivity contribution is 6.11. The van der Waals surface area contributed by atoms with E-state index < -0.39 is 0 Å². The molecule has 0 atom stereocenters. The predicted octanol–water partition coefficient (Wildman–Crippen LogP) is 12.0. The molecule has 0 fully saturated rings. The van der Waals surface area contributed by atoms with Gasteiger partial charge < -0.3 is 4.57 Å². The minimum Gasteiger partial charge on any atom is -0.309 e. The molecule has 0 saturated heterocycles. The van der Waals surface area contributed by atoms with Gasteiger partial charge in [0.1, 0.15) is 0 Å². The second kappa shape index (κ2) is 10.7. The van der Waals surface area contributed by atoms with Crippen molar-refractivity contribution in [3.63, 3.8) is 0 Å². The molecule has 0 spiro atoms. The van der Waals surface area contributed by atoms with Gasteiger partial charge in [-0.1, -0.05) is 123 Å². The van der Waals surface area contributed by atoms with Gasteiger partial charge in [0.25, 0.3) is 0 Å². The summed E-state index contributed by atoms with van der Waals surface area (Å²) in [6.45, 7) is 4.69. The molecule has 246 valence electrons. The third-order valence-corrected chi connectivity index (χ3v) is 11.3. The fourth-order valence-electron chi connectivity index (χ4n) is 8.86. The highest BCUT2D eigenvalue weighted by Gasteiger charge is 2.36. The van der Waals surface area contributed by atoms with Crippen molar-refractivity contribution in [3.05, 3.63) is 181 Å². The number of para-hydroxylation sites is 5. The zero-order valence-electron chi connectivity index (χ0n) is 29.0. The number of aromatic nitrogens is 4. The number of rotatable bonds is 4. The second-order valence-electron chi connectivity index (χ2n) is 14.5. The minimum absolute atomic E-state index is 0.120. The van der Waals surface area contributed by atoms with Crippen LogP contribution < -0.4 is 0 Å². The van der Waals surface area contributed by atoms with Gasteiger partial charge in [-0.05, 0) is 82.9 Å². The first-order chi connectivity index (χ1) is 25.6. The van der Waals surface area contributed by atoms with Gasteiger partial charge >= 0.3 is 0 Å². The summed E-state index contributed by atoms with van der Waals surface area (Å²) in [6.07, 6.45) is 0. The van der Waals surface area contributed by atoms with Crippen LogP contribution in [0, 0.1) is 0 Å². The van der Waals surface area contributed by atoms with E-state index in [1.165, 1.54) is 44.1 Å². The molecule has 7 aromatic carbocycles. The fraction of sp³-hybridized carbons (Fsp3) is 0.0625. The van der Waals surface area contributed by atoms with Crippen LogP contribution in [0.4, 0.5) is 0 Å². The molecular weight excluding hydrogens is 633 g/mol. The molecule has 3 aromatic heterocycles.